The first kappa shape index (κ1) is 20.8. The molecule has 1 heterocycles. The van der Waals surface area contributed by atoms with Gasteiger partial charge in [-0.05, 0) is 31.8 Å². The van der Waals surface area contributed by atoms with Crippen LogP contribution in [0.3, 0.4) is 0 Å². The summed E-state index contributed by atoms with van der Waals surface area (Å²) < 4.78 is 5.31. The zero-order chi connectivity index (χ0) is 20.8. The van der Waals surface area contributed by atoms with E-state index in [1.54, 1.807) is 12.1 Å². The number of morpholine rings is 1. The smallest absolute Gasteiger partial charge is 0.293 e. The number of likely N-dealkylation sites (N-methyl/N-ethyl adjacent to an activating group) is 1. The van der Waals surface area contributed by atoms with E-state index in [2.05, 4.69) is 5.32 Å². The lowest BCUT2D eigenvalue weighted by atomic mass is 10.1. The van der Waals surface area contributed by atoms with Crippen molar-refractivity contribution in [3.63, 3.8) is 0 Å². The van der Waals surface area contributed by atoms with Gasteiger partial charge in [-0.2, -0.15) is 0 Å². The van der Waals surface area contributed by atoms with Gasteiger partial charge in [0.2, 0.25) is 0 Å². The predicted octanol–water partition coefficient (Wildman–Crippen LogP) is 2.46. The Morgan fingerprint density at radius 1 is 1.21 bits per heavy atom. The van der Waals surface area contributed by atoms with E-state index in [0.29, 0.717) is 38.5 Å². The van der Waals surface area contributed by atoms with E-state index in [9.17, 15) is 14.9 Å². The van der Waals surface area contributed by atoms with Crippen LogP contribution in [0, 0.1) is 10.1 Å². The molecular weight excluding hydrogens is 372 g/mol. The number of benzene rings is 2. The van der Waals surface area contributed by atoms with E-state index in [4.69, 9.17) is 4.74 Å². The molecule has 1 atom stereocenters. The van der Waals surface area contributed by atoms with Crippen LogP contribution in [-0.2, 0) is 4.74 Å². The summed E-state index contributed by atoms with van der Waals surface area (Å²) in [5, 5.41) is 14.5. The van der Waals surface area contributed by atoms with Crippen molar-refractivity contribution >= 4 is 17.3 Å². The van der Waals surface area contributed by atoms with Crippen LogP contribution in [0.1, 0.15) is 22.0 Å². The Morgan fingerprint density at radius 3 is 2.52 bits per heavy atom. The molecule has 0 bridgehead atoms. The molecular formula is C21H26N4O4. The molecule has 1 aliphatic rings. The Labute approximate surface area is 170 Å². The van der Waals surface area contributed by atoms with Crippen molar-refractivity contribution in [2.75, 3.05) is 51.8 Å². The topological polar surface area (TPSA) is 88.0 Å². The molecule has 0 spiro atoms. The van der Waals surface area contributed by atoms with Crippen LogP contribution in [0.5, 0.6) is 0 Å². The Balaban J connectivity index is 1.74. The summed E-state index contributed by atoms with van der Waals surface area (Å²) in [6.07, 6.45) is 0. The first-order valence-electron chi connectivity index (χ1n) is 9.58. The average Bonchev–Trinajstić information content (AvgIpc) is 2.74. The van der Waals surface area contributed by atoms with Crippen molar-refractivity contribution in [3.05, 3.63) is 69.8 Å². The maximum atomic E-state index is 12.7. The molecule has 1 aliphatic heterocycles. The number of carbonyl (C=O) groups excluding carboxylic acids is 1. The summed E-state index contributed by atoms with van der Waals surface area (Å²) in [4.78, 5) is 27.8. The zero-order valence-corrected chi connectivity index (χ0v) is 16.7. The molecule has 0 radical (unpaired) electrons. The highest BCUT2D eigenvalue weighted by Gasteiger charge is 2.24. The second-order valence-electron chi connectivity index (χ2n) is 7.16. The van der Waals surface area contributed by atoms with Gasteiger partial charge in [0.1, 0.15) is 5.69 Å². The Bertz CT molecular complexity index is 851. The first-order chi connectivity index (χ1) is 14.0. The number of nitro benzene ring substituents is 1. The van der Waals surface area contributed by atoms with Gasteiger partial charge in [-0.25, -0.2) is 0 Å². The molecule has 2 aromatic rings. The van der Waals surface area contributed by atoms with Gasteiger partial charge < -0.3 is 19.9 Å². The summed E-state index contributed by atoms with van der Waals surface area (Å²) in [5.41, 5.74) is 1.82. The zero-order valence-electron chi connectivity index (χ0n) is 16.7. The number of amides is 1. The maximum Gasteiger partial charge on any atom is 0.293 e. The van der Waals surface area contributed by atoms with E-state index < -0.39 is 4.92 Å². The van der Waals surface area contributed by atoms with Crippen LogP contribution < -0.4 is 10.2 Å². The maximum absolute atomic E-state index is 12.7. The van der Waals surface area contributed by atoms with Gasteiger partial charge in [0.15, 0.2) is 0 Å². The largest absolute Gasteiger partial charge is 0.378 e. The predicted molar refractivity (Wildman–Crippen MR) is 111 cm³/mol. The molecule has 154 valence electrons. The lowest BCUT2D eigenvalue weighted by Gasteiger charge is -2.28. The molecule has 0 saturated carbocycles. The number of ether oxygens (including phenoxy) is 1. The molecule has 8 nitrogen and oxygen atoms in total. The van der Waals surface area contributed by atoms with Gasteiger partial charge in [-0.15, -0.1) is 0 Å². The molecule has 2 aromatic carbocycles. The molecule has 1 N–H and O–H groups in total. The molecule has 1 saturated heterocycles. The van der Waals surface area contributed by atoms with E-state index in [0.717, 1.165) is 5.56 Å². The molecule has 1 amide bonds. The second kappa shape index (κ2) is 9.49. The van der Waals surface area contributed by atoms with Gasteiger partial charge >= 0.3 is 0 Å². The number of hydrogen-bond donors (Lipinski definition) is 1. The van der Waals surface area contributed by atoms with E-state index >= 15 is 0 Å². The van der Waals surface area contributed by atoms with Gasteiger partial charge in [-0.1, -0.05) is 30.3 Å². The summed E-state index contributed by atoms with van der Waals surface area (Å²) in [6.45, 7) is 2.65. The molecule has 3 rings (SSSR count). The fraction of sp³-hybridized carbons (Fsp3) is 0.381. The van der Waals surface area contributed by atoms with Crippen LogP contribution in [0.25, 0.3) is 0 Å². The van der Waals surface area contributed by atoms with Crippen molar-refractivity contribution in [1.29, 1.82) is 0 Å². The highest BCUT2D eigenvalue weighted by atomic mass is 16.6. The summed E-state index contributed by atoms with van der Waals surface area (Å²) in [6, 6.07) is 14.5. The lowest BCUT2D eigenvalue weighted by molar-refractivity contribution is -0.384. The third-order valence-electron chi connectivity index (χ3n) is 5.05. The van der Waals surface area contributed by atoms with E-state index in [1.807, 2.05) is 54.2 Å². The highest BCUT2D eigenvalue weighted by Crippen LogP contribution is 2.30. The second-order valence-corrected chi connectivity index (χ2v) is 7.16. The quantitative estimate of drug-likeness (QED) is 0.569. The van der Waals surface area contributed by atoms with E-state index in [1.165, 1.54) is 6.07 Å². The third kappa shape index (κ3) is 5.10. The van der Waals surface area contributed by atoms with Crippen LogP contribution in [0.15, 0.2) is 48.5 Å². The summed E-state index contributed by atoms with van der Waals surface area (Å²) >= 11 is 0. The van der Waals surface area contributed by atoms with Crippen LogP contribution in [0.2, 0.25) is 0 Å². The van der Waals surface area contributed by atoms with Gasteiger partial charge in [0.05, 0.1) is 24.2 Å². The number of hydrogen-bond acceptors (Lipinski definition) is 6. The minimum absolute atomic E-state index is 0.00255. The number of nitrogens with one attached hydrogen (secondary N) is 1. The fourth-order valence-electron chi connectivity index (χ4n) is 3.45. The molecule has 0 aliphatic carbocycles. The minimum Gasteiger partial charge on any atom is -0.378 e. The lowest BCUT2D eigenvalue weighted by Crippen LogP contribution is -2.37. The van der Waals surface area contributed by atoms with Gasteiger partial charge in [0, 0.05) is 31.3 Å². The normalized spacial score (nSPS) is 15.2. The molecule has 0 aromatic heterocycles. The van der Waals surface area contributed by atoms with Crippen LogP contribution in [0.4, 0.5) is 11.4 Å². The number of carbonyl (C=O) groups is 1. The highest BCUT2D eigenvalue weighted by molar-refractivity contribution is 5.95. The van der Waals surface area contributed by atoms with Crippen molar-refractivity contribution < 1.29 is 14.5 Å². The van der Waals surface area contributed by atoms with Crippen LogP contribution in [-0.4, -0.2) is 62.7 Å². The van der Waals surface area contributed by atoms with Crippen molar-refractivity contribution in [2.24, 2.45) is 0 Å². The van der Waals surface area contributed by atoms with Crippen molar-refractivity contribution in [2.45, 2.75) is 6.04 Å². The Hall–Kier alpha value is -2.97. The van der Waals surface area contributed by atoms with Gasteiger partial charge in [-0.3, -0.25) is 14.9 Å². The minimum atomic E-state index is -0.436. The molecule has 29 heavy (non-hydrogen) atoms. The summed E-state index contributed by atoms with van der Waals surface area (Å²) in [7, 11) is 3.90. The Kier molecular flexibility index (Phi) is 6.79. The number of nitrogens with zero attached hydrogens (tertiary/aromatic N) is 3. The van der Waals surface area contributed by atoms with Crippen molar-refractivity contribution in [1.82, 2.24) is 10.2 Å². The fourth-order valence-corrected chi connectivity index (χ4v) is 3.45. The first-order valence-corrected chi connectivity index (χ1v) is 9.58. The molecule has 1 fully saturated rings. The number of nitro groups is 1. The van der Waals surface area contributed by atoms with Crippen molar-refractivity contribution in [3.8, 4) is 0 Å². The van der Waals surface area contributed by atoms with Crippen LogP contribution >= 0.6 is 0 Å². The average molecular weight is 398 g/mol. The Morgan fingerprint density at radius 2 is 1.90 bits per heavy atom. The molecule has 8 heteroatoms. The van der Waals surface area contributed by atoms with Gasteiger partial charge in [0.25, 0.3) is 11.6 Å². The number of anilines is 1. The SMILES string of the molecule is CN(C)C(CNC(=O)c1ccc(N2CCOCC2)c([N+](=O)[O-])c1)c1ccccc1. The number of rotatable bonds is 7. The summed E-state index contributed by atoms with van der Waals surface area (Å²) in [5.74, 6) is -0.329. The standard InChI is InChI=1S/C21H26N4O4/c1-23(2)20(16-6-4-3-5-7-16)15-22-21(26)17-8-9-18(19(14-17)25(27)28)24-10-12-29-13-11-24/h3-9,14,20H,10-13,15H2,1-2H3,(H,22,26). The monoisotopic (exact) mass is 398 g/mol. The van der Waals surface area contributed by atoms with E-state index in [-0.39, 0.29) is 23.2 Å². The third-order valence-corrected chi connectivity index (χ3v) is 5.05. The molecule has 1 unspecified atom stereocenters.